The van der Waals surface area contributed by atoms with Gasteiger partial charge in [-0.25, -0.2) is 8.42 Å². The topological polar surface area (TPSA) is 123 Å². The molecule has 36 heavy (non-hydrogen) atoms. The number of nitrogens with zero attached hydrogens (tertiary/aromatic N) is 4. The maximum atomic E-state index is 12.8. The van der Waals surface area contributed by atoms with E-state index in [0.29, 0.717) is 28.9 Å². The Morgan fingerprint density at radius 3 is 2.28 bits per heavy atom. The van der Waals surface area contributed by atoms with E-state index >= 15 is 0 Å². The molecule has 0 aliphatic carbocycles. The third-order valence-electron chi connectivity index (χ3n) is 4.02. The fourth-order valence-electron chi connectivity index (χ4n) is 2.52. The average Bonchev–Trinajstić information content (AvgIpc) is 3.10. The molecule has 1 aromatic carbocycles. The van der Waals surface area contributed by atoms with Crippen LogP contribution in [0.5, 0.6) is 0 Å². The van der Waals surface area contributed by atoms with Gasteiger partial charge in [-0.2, -0.15) is 35.1 Å². The largest absolute Gasteiger partial charge is 0.501 e. The lowest BCUT2D eigenvalue weighted by Gasteiger charge is -2.18. The fourth-order valence-corrected chi connectivity index (χ4v) is 4.17. The van der Waals surface area contributed by atoms with Crippen LogP contribution in [0.2, 0.25) is 0 Å². The molecular formula is C17H15F8N5O4S2. The molecule has 0 radical (unpaired) electrons. The van der Waals surface area contributed by atoms with E-state index in [1.807, 2.05) is 0 Å². The molecule has 19 heteroatoms. The van der Waals surface area contributed by atoms with Crippen LogP contribution < -0.4 is 4.72 Å². The van der Waals surface area contributed by atoms with Crippen molar-refractivity contribution in [1.29, 1.82) is 0 Å². The third kappa shape index (κ3) is 8.32. The number of azo groups is 1. The van der Waals surface area contributed by atoms with Crippen LogP contribution in [0.1, 0.15) is 23.1 Å². The molecule has 0 atom stereocenters. The minimum atomic E-state index is -6.12. The highest BCUT2D eigenvalue weighted by molar-refractivity contribution is 7.92. The summed E-state index contributed by atoms with van der Waals surface area (Å²) in [5.74, 6) is -4.11. The Morgan fingerprint density at radius 1 is 1.08 bits per heavy atom. The Kier molecular flexibility index (Phi) is 8.60. The molecule has 1 N–H and O–H groups in total. The molecule has 1 aromatic heterocycles. The highest BCUT2D eigenvalue weighted by Crippen LogP contribution is 2.37. The summed E-state index contributed by atoms with van der Waals surface area (Å²) in [6, 6.07) is 2.59. The van der Waals surface area contributed by atoms with E-state index < -0.39 is 46.6 Å². The fraction of sp³-hybridized carbons (Fsp3) is 0.471. The van der Waals surface area contributed by atoms with Gasteiger partial charge in [0.05, 0.1) is 12.1 Å². The third-order valence-corrected chi connectivity index (χ3v) is 6.07. The van der Waals surface area contributed by atoms with Gasteiger partial charge in [0.25, 0.3) is 5.13 Å². The Labute approximate surface area is 201 Å². The second kappa shape index (κ2) is 10.6. The molecule has 0 saturated carbocycles. The first-order valence-electron chi connectivity index (χ1n) is 9.43. The van der Waals surface area contributed by atoms with Crippen molar-refractivity contribution in [2.24, 2.45) is 10.2 Å². The van der Waals surface area contributed by atoms with Crippen LogP contribution in [0.15, 0.2) is 22.4 Å². The number of nitrogens with one attached hydrogen (secondary N) is 1. The summed E-state index contributed by atoms with van der Waals surface area (Å²) in [5, 5.41) is 13.5. The van der Waals surface area contributed by atoms with Crippen molar-refractivity contribution in [3.63, 3.8) is 0 Å². The molecule has 2 rings (SSSR count). The zero-order valence-corrected chi connectivity index (χ0v) is 19.7. The lowest BCUT2D eigenvalue weighted by Crippen LogP contribution is -2.41. The molecule has 0 aliphatic heterocycles. The van der Waals surface area contributed by atoms with Gasteiger partial charge in [0, 0.05) is 0 Å². The van der Waals surface area contributed by atoms with Crippen LogP contribution >= 0.6 is 11.3 Å². The summed E-state index contributed by atoms with van der Waals surface area (Å²) in [6.07, 6.45) is -17.5. The lowest BCUT2D eigenvalue weighted by molar-refractivity contribution is -0.376. The number of anilines is 1. The van der Waals surface area contributed by atoms with Gasteiger partial charge < -0.3 is 4.74 Å². The number of aryl methyl sites for hydroxylation is 2. The molecular weight excluding hydrogens is 554 g/mol. The van der Waals surface area contributed by atoms with Crippen molar-refractivity contribution in [3.8, 4) is 0 Å². The molecule has 1 heterocycles. The summed E-state index contributed by atoms with van der Waals surface area (Å²) in [7, 11) is -4.86. The summed E-state index contributed by atoms with van der Waals surface area (Å²) in [6.45, 7) is 3.33. The van der Waals surface area contributed by atoms with Crippen molar-refractivity contribution in [3.05, 3.63) is 28.3 Å². The Hall–Kier alpha value is -2.96. The number of hydrogen-bond donors (Lipinski definition) is 1. The van der Waals surface area contributed by atoms with E-state index in [9.17, 15) is 48.3 Å². The molecule has 0 aliphatic rings. The van der Waals surface area contributed by atoms with Crippen molar-refractivity contribution >= 4 is 43.8 Å². The molecule has 2 aromatic rings. The van der Waals surface area contributed by atoms with Gasteiger partial charge in [-0.15, -0.1) is 20.4 Å². The van der Waals surface area contributed by atoms with Crippen LogP contribution in [0.25, 0.3) is 0 Å². The zero-order chi connectivity index (χ0) is 27.5. The minimum Gasteiger partial charge on any atom is -0.394 e. The van der Waals surface area contributed by atoms with Crippen LogP contribution in [-0.2, 0) is 32.4 Å². The first-order chi connectivity index (χ1) is 16.3. The number of esters is 1. The van der Waals surface area contributed by atoms with Gasteiger partial charge in [0.2, 0.25) is 10.0 Å². The second-order valence-electron chi connectivity index (χ2n) is 6.97. The van der Waals surface area contributed by atoms with Crippen LogP contribution in [0, 0.1) is 6.92 Å². The molecule has 0 spiro atoms. The van der Waals surface area contributed by atoms with Crippen molar-refractivity contribution < 1.29 is 53.1 Å². The van der Waals surface area contributed by atoms with Gasteiger partial charge in [-0.1, -0.05) is 18.3 Å². The molecule has 0 unspecified atom stereocenters. The number of halogens is 8. The predicted molar refractivity (Wildman–Crippen MR) is 109 cm³/mol. The van der Waals surface area contributed by atoms with Gasteiger partial charge in [0.1, 0.15) is 10.7 Å². The molecule has 0 bridgehead atoms. The summed E-state index contributed by atoms with van der Waals surface area (Å²) < 4.78 is 128. The number of ether oxygens (including phenoxy) is 1. The van der Waals surface area contributed by atoms with E-state index in [2.05, 4.69) is 25.2 Å². The summed E-state index contributed by atoms with van der Waals surface area (Å²) >= 11 is 0.457. The molecule has 0 saturated heterocycles. The van der Waals surface area contributed by atoms with Crippen LogP contribution in [0.4, 0.5) is 51.6 Å². The van der Waals surface area contributed by atoms with Gasteiger partial charge in [0.15, 0.2) is 5.75 Å². The van der Waals surface area contributed by atoms with E-state index in [1.165, 1.54) is 12.1 Å². The SMILES string of the molecule is CCc1cc(N=Nc2nnc(CC(=O)OC(F)(F)C(F)(F)F)s2)c(NS(=O)(=O)CC(F)(F)F)cc1C. The number of carbonyl (C=O) groups is 1. The zero-order valence-electron chi connectivity index (χ0n) is 18.0. The first kappa shape index (κ1) is 29.3. The quantitative estimate of drug-likeness (QED) is 0.246. The van der Waals surface area contributed by atoms with Crippen LogP contribution in [0.3, 0.4) is 0 Å². The normalized spacial score (nSPS) is 13.3. The number of carbonyl (C=O) groups excluding carboxylic acids is 1. The van der Waals surface area contributed by atoms with Gasteiger partial charge in [-0.05, 0) is 36.6 Å². The molecule has 9 nitrogen and oxygen atoms in total. The number of rotatable bonds is 9. The van der Waals surface area contributed by atoms with Gasteiger partial charge in [-0.3, -0.25) is 9.52 Å². The van der Waals surface area contributed by atoms with Crippen molar-refractivity contribution in [2.45, 2.75) is 45.2 Å². The van der Waals surface area contributed by atoms with E-state index in [1.54, 1.807) is 18.6 Å². The molecule has 200 valence electrons. The van der Waals surface area contributed by atoms with E-state index in [4.69, 9.17) is 0 Å². The maximum absolute atomic E-state index is 12.8. The van der Waals surface area contributed by atoms with Crippen molar-refractivity contribution in [1.82, 2.24) is 10.2 Å². The number of alkyl halides is 8. The predicted octanol–water partition coefficient (Wildman–Crippen LogP) is 5.37. The standard InChI is InChI=1S/C17H15F8N5O4S2/c1-3-9-5-10(11(4-8(9)2)30-36(32,33)7-15(18,19)20)26-28-14-29-27-12(35-14)6-13(31)34-17(24,25)16(21,22)23/h4-5,30H,3,6-7H2,1-2H3. The van der Waals surface area contributed by atoms with E-state index in [0.717, 1.165) is 0 Å². The number of aromatic nitrogens is 2. The summed E-state index contributed by atoms with van der Waals surface area (Å²) in [4.78, 5) is 11.4. The average molecular weight is 569 g/mol. The van der Waals surface area contributed by atoms with E-state index in [-0.39, 0.29) is 21.5 Å². The molecule has 0 amide bonds. The smallest absolute Gasteiger partial charge is 0.394 e. The monoisotopic (exact) mass is 569 g/mol. The Morgan fingerprint density at radius 2 is 1.72 bits per heavy atom. The lowest BCUT2D eigenvalue weighted by atomic mass is 10.0. The number of sulfonamides is 1. The highest BCUT2D eigenvalue weighted by atomic mass is 32.2. The van der Waals surface area contributed by atoms with Gasteiger partial charge >= 0.3 is 24.4 Å². The van der Waals surface area contributed by atoms with Crippen LogP contribution in [-0.4, -0.2) is 48.8 Å². The van der Waals surface area contributed by atoms with Crippen molar-refractivity contribution in [2.75, 3.05) is 10.5 Å². The number of benzene rings is 1. The Bertz CT molecular complexity index is 1240. The Balaban J connectivity index is 2.25. The molecule has 0 fully saturated rings. The highest BCUT2D eigenvalue weighted by Gasteiger charge is 2.62. The number of hydrogen-bond acceptors (Lipinski definition) is 9. The summed E-state index contributed by atoms with van der Waals surface area (Å²) in [5.41, 5.74) is 0.645. The minimum absolute atomic E-state index is 0.204. The maximum Gasteiger partial charge on any atom is 0.501 e. The first-order valence-corrected chi connectivity index (χ1v) is 11.9. The second-order valence-corrected chi connectivity index (χ2v) is 9.73.